The fraction of sp³-hybridized carbons (Fsp3) is 0.562. The lowest BCUT2D eigenvalue weighted by atomic mass is 10.1. The second-order valence-corrected chi connectivity index (χ2v) is 5.94. The van der Waals surface area contributed by atoms with Gasteiger partial charge in [0.25, 0.3) is 0 Å². The fourth-order valence-corrected chi connectivity index (χ4v) is 2.90. The number of hydrogen-bond donors (Lipinski definition) is 0. The first-order valence-corrected chi connectivity index (χ1v) is 7.25. The number of piperazine rings is 1. The van der Waals surface area contributed by atoms with Crippen molar-refractivity contribution < 1.29 is 4.79 Å². The summed E-state index contributed by atoms with van der Waals surface area (Å²) in [5.74, 6) is 0. The minimum absolute atomic E-state index is 0.114. The Morgan fingerprint density at radius 3 is 2.20 bits per heavy atom. The van der Waals surface area contributed by atoms with Crippen molar-refractivity contribution >= 4 is 6.03 Å². The van der Waals surface area contributed by atoms with Gasteiger partial charge in [0.2, 0.25) is 0 Å². The van der Waals surface area contributed by atoms with E-state index in [-0.39, 0.29) is 6.03 Å². The number of benzene rings is 1. The number of rotatable bonds is 2. The Balaban J connectivity index is 2.02. The van der Waals surface area contributed by atoms with Crippen molar-refractivity contribution in [1.29, 1.82) is 0 Å². The fourth-order valence-electron chi connectivity index (χ4n) is 2.90. The largest absolute Gasteiger partial charge is 0.331 e. The molecule has 1 saturated heterocycles. The van der Waals surface area contributed by atoms with Crippen molar-refractivity contribution in [2.45, 2.75) is 32.5 Å². The van der Waals surface area contributed by atoms with E-state index >= 15 is 0 Å². The monoisotopic (exact) mass is 275 g/mol. The molecule has 1 aromatic rings. The Morgan fingerprint density at radius 2 is 1.70 bits per heavy atom. The van der Waals surface area contributed by atoms with Crippen molar-refractivity contribution in [1.82, 2.24) is 14.7 Å². The van der Waals surface area contributed by atoms with Gasteiger partial charge in [0.05, 0.1) is 0 Å². The standard InChI is InChI=1S/C16H25N3O/c1-13-10-18(16(20)17(3)4)11-14(2)19(13)12-15-8-6-5-7-9-15/h5-9,13-14H,10-12H2,1-4H3. The van der Waals surface area contributed by atoms with Crippen molar-refractivity contribution in [3.63, 3.8) is 0 Å². The number of amides is 2. The van der Waals surface area contributed by atoms with Crippen LogP contribution in [-0.2, 0) is 6.54 Å². The Labute approximate surface area is 122 Å². The lowest BCUT2D eigenvalue weighted by Crippen LogP contribution is -2.59. The van der Waals surface area contributed by atoms with E-state index < -0.39 is 0 Å². The second kappa shape index (κ2) is 6.27. The highest BCUT2D eigenvalue weighted by Gasteiger charge is 2.32. The van der Waals surface area contributed by atoms with E-state index in [1.807, 2.05) is 25.1 Å². The van der Waals surface area contributed by atoms with Gasteiger partial charge in [-0.2, -0.15) is 0 Å². The molecule has 2 atom stereocenters. The molecule has 1 fully saturated rings. The van der Waals surface area contributed by atoms with Gasteiger partial charge in [0, 0.05) is 45.8 Å². The highest BCUT2D eigenvalue weighted by Crippen LogP contribution is 2.19. The maximum absolute atomic E-state index is 12.1. The zero-order valence-corrected chi connectivity index (χ0v) is 12.9. The molecule has 4 heteroatoms. The van der Waals surface area contributed by atoms with Gasteiger partial charge < -0.3 is 9.80 Å². The summed E-state index contributed by atoms with van der Waals surface area (Å²) in [6.07, 6.45) is 0. The summed E-state index contributed by atoms with van der Waals surface area (Å²) in [5, 5.41) is 0. The van der Waals surface area contributed by atoms with Gasteiger partial charge in [-0.1, -0.05) is 30.3 Å². The summed E-state index contributed by atoms with van der Waals surface area (Å²) in [6, 6.07) is 11.4. The van der Waals surface area contributed by atoms with Gasteiger partial charge in [-0.25, -0.2) is 4.79 Å². The molecule has 0 aliphatic carbocycles. The van der Waals surface area contributed by atoms with Crippen LogP contribution in [0, 0.1) is 0 Å². The second-order valence-electron chi connectivity index (χ2n) is 5.94. The van der Waals surface area contributed by atoms with Crippen LogP contribution in [0.25, 0.3) is 0 Å². The molecule has 110 valence electrons. The first kappa shape index (κ1) is 14.9. The van der Waals surface area contributed by atoms with Crippen LogP contribution in [0.2, 0.25) is 0 Å². The predicted molar refractivity (Wildman–Crippen MR) is 81.6 cm³/mol. The number of urea groups is 1. The average molecular weight is 275 g/mol. The molecule has 0 radical (unpaired) electrons. The van der Waals surface area contributed by atoms with Crippen LogP contribution in [0.4, 0.5) is 4.79 Å². The van der Waals surface area contributed by atoms with E-state index in [0.29, 0.717) is 12.1 Å². The first-order valence-electron chi connectivity index (χ1n) is 7.25. The number of carbonyl (C=O) groups is 1. The Bertz CT molecular complexity index is 434. The van der Waals surface area contributed by atoms with Crippen LogP contribution in [-0.4, -0.2) is 60.0 Å². The van der Waals surface area contributed by atoms with E-state index in [9.17, 15) is 4.79 Å². The topological polar surface area (TPSA) is 26.8 Å². The molecule has 0 N–H and O–H groups in total. The van der Waals surface area contributed by atoms with Gasteiger partial charge in [-0.05, 0) is 19.4 Å². The Kier molecular flexibility index (Phi) is 4.65. The Hall–Kier alpha value is -1.55. The number of nitrogens with zero attached hydrogens (tertiary/aromatic N) is 3. The molecule has 0 spiro atoms. The third-order valence-electron chi connectivity index (χ3n) is 3.96. The van der Waals surface area contributed by atoms with E-state index in [4.69, 9.17) is 0 Å². The summed E-state index contributed by atoms with van der Waals surface area (Å²) >= 11 is 0. The van der Waals surface area contributed by atoms with Gasteiger partial charge >= 0.3 is 6.03 Å². The Morgan fingerprint density at radius 1 is 1.15 bits per heavy atom. The molecule has 0 saturated carbocycles. The van der Waals surface area contributed by atoms with E-state index in [0.717, 1.165) is 19.6 Å². The quantitative estimate of drug-likeness (QED) is 0.828. The summed E-state index contributed by atoms with van der Waals surface area (Å²) in [6.45, 7) is 6.96. The van der Waals surface area contributed by atoms with Crippen LogP contribution in [0.3, 0.4) is 0 Å². The molecule has 1 aliphatic rings. The van der Waals surface area contributed by atoms with Crippen LogP contribution in [0.1, 0.15) is 19.4 Å². The van der Waals surface area contributed by atoms with Crippen molar-refractivity contribution in [2.75, 3.05) is 27.2 Å². The number of hydrogen-bond acceptors (Lipinski definition) is 2. The van der Waals surface area contributed by atoms with Crippen LogP contribution >= 0.6 is 0 Å². The lowest BCUT2D eigenvalue weighted by Gasteiger charge is -2.45. The predicted octanol–water partition coefficient (Wildman–Crippen LogP) is 2.26. The van der Waals surface area contributed by atoms with Gasteiger partial charge in [0.1, 0.15) is 0 Å². The van der Waals surface area contributed by atoms with Crippen LogP contribution in [0.5, 0.6) is 0 Å². The normalized spacial score (nSPS) is 23.7. The summed E-state index contributed by atoms with van der Waals surface area (Å²) in [7, 11) is 3.63. The number of carbonyl (C=O) groups excluding carboxylic acids is 1. The van der Waals surface area contributed by atoms with Crippen molar-refractivity contribution in [2.24, 2.45) is 0 Å². The van der Waals surface area contributed by atoms with Crippen LogP contribution in [0.15, 0.2) is 30.3 Å². The molecule has 2 unspecified atom stereocenters. The highest BCUT2D eigenvalue weighted by molar-refractivity contribution is 5.74. The van der Waals surface area contributed by atoms with Gasteiger partial charge in [-0.15, -0.1) is 0 Å². The van der Waals surface area contributed by atoms with E-state index in [1.165, 1.54) is 5.56 Å². The molecule has 4 nitrogen and oxygen atoms in total. The van der Waals surface area contributed by atoms with Crippen LogP contribution < -0.4 is 0 Å². The third-order valence-corrected chi connectivity index (χ3v) is 3.96. The smallest absolute Gasteiger partial charge is 0.319 e. The zero-order valence-electron chi connectivity index (χ0n) is 12.9. The summed E-state index contributed by atoms with van der Waals surface area (Å²) < 4.78 is 0. The maximum atomic E-state index is 12.1. The average Bonchev–Trinajstić information content (AvgIpc) is 2.42. The van der Waals surface area contributed by atoms with E-state index in [1.54, 1.807) is 4.90 Å². The molecular weight excluding hydrogens is 250 g/mol. The molecule has 20 heavy (non-hydrogen) atoms. The molecule has 1 heterocycles. The molecule has 1 aliphatic heterocycles. The summed E-state index contributed by atoms with van der Waals surface area (Å²) in [5.41, 5.74) is 1.33. The molecule has 0 aromatic heterocycles. The molecule has 2 amide bonds. The zero-order chi connectivity index (χ0) is 14.7. The van der Waals surface area contributed by atoms with Crippen molar-refractivity contribution in [3.8, 4) is 0 Å². The molecular formula is C16H25N3O. The molecule has 0 bridgehead atoms. The van der Waals surface area contributed by atoms with Gasteiger partial charge in [0.15, 0.2) is 0 Å². The van der Waals surface area contributed by atoms with Crippen molar-refractivity contribution in [3.05, 3.63) is 35.9 Å². The molecule has 2 rings (SSSR count). The highest BCUT2D eigenvalue weighted by atomic mass is 16.2. The lowest BCUT2D eigenvalue weighted by molar-refractivity contribution is 0.0429. The molecule has 1 aromatic carbocycles. The third kappa shape index (κ3) is 3.31. The minimum atomic E-state index is 0.114. The van der Waals surface area contributed by atoms with E-state index in [2.05, 4.69) is 43.0 Å². The summed E-state index contributed by atoms with van der Waals surface area (Å²) in [4.78, 5) is 18.2. The minimum Gasteiger partial charge on any atom is -0.331 e. The van der Waals surface area contributed by atoms with Gasteiger partial charge in [-0.3, -0.25) is 4.90 Å². The maximum Gasteiger partial charge on any atom is 0.319 e. The SMILES string of the molecule is CC1CN(C(=O)N(C)C)CC(C)N1Cc1ccccc1. The first-order chi connectivity index (χ1) is 9.49.